The molecule has 1 aromatic carbocycles. The van der Waals surface area contributed by atoms with Crippen LogP contribution in [0, 0.1) is 20.8 Å². The number of thiophene rings is 1. The number of nitrogens with zero attached hydrogens (tertiary/aromatic N) is 4. The fraction of sp³-hybridized carbons (Fsp3) is 0.333. The number of anilines is 1. The van der Waals surface area contributed by atoms with Crippen molar-refractivity contribution in [1.82, 2.24) is 20.3 Å². The van der Waals surface area contributed by atoms with E-state index in [0.29, 0.717) is 18.0 Å². The van der Waals surface area contributed by atoms with Crippen molar-refractivity contribution in [1.29, 1.82) is 0 Å². The zero-order valence-corrected chi connectivity index (χ0v) is 21.0. The average molecular weight is 482 g/mol. The minimum absolute atomic E-state index is 0.120. The molecule has 3 heterocycles. The molecule has 172 valence electrons. The van der Waals surface area contributed by atoms with Crippen LogP contribution in [0.1, 0.15) is 44.5 Å². The fourth-order valence-corrected chi connectivity index (χ4v) is 5.27. The van der Waals surface area contributed by atoms with Crippen molar-refractivity contribution in [3.05, 3.63) is 62.7 Å². The van der Waals surface area contributed by atoms with Crippen LogP contribution in [-0.2, 0) is 0 Å². The van der Waals surface area contributed by atoms with E-state index in [0.717, 1.165) is 38.0 Å². The van der Waals surface area contributed by atoms with Crippen molar-refractivity contribution in [2.24, 2.45) is 0 Å². The number of carbonyl (C=O) groups excluding carboxylic acids is 1. The van der Waals surface area contributed by atoms with E-state index in [2.05, 4.69) is 27.2 Å². The molecule has 0 radical (unpaired) electrons. The van der Waals surface area contributed by atoms with Crippen LogP contribution >= 0.6 is 22.7 Å². The first-order valence-electron chi connectivity index (χ1n) is 10.7. The van der Waals surface area contributed by atoms with Gasteiger partial charge in [-0.1, -0.05) is 17.7 Å². The highest BCUT2D eigenvalue weighted by molar-refractivity contribution is 7.20. The predicted octanol–water partition coefficient (Wildman–Crippen LogP) is 5.08. The fourth-order valence-electron chi connectivity index (χ4n) is 3.52. The summed E-state index contributed by atoms with van der Waals surface area (Å²) in [7, 11) is 1.98. The Bertz CT molecular complexity index is 1270. The molecule has 9 heteroatoms. The summed E-state index contributed by atoms with van der Waals surface area (Å²) in [5, 5.41) is 6.94. The molecular formula is C24H27N5O2S2. The Morgan fingerprint density at radius 3 is 2.64 bits per heavy atom. The van der Waals surface area contributed by atoms with Crippen LogP contribution in [0.15, 0.2) is 36.0 Å². The van der Waals surface area contributed by atoms with Gasteiger partial charge in [0.1, 0.15) is 29.3 Å². The molecule has 4 aromatic rings. The summed E-state index contributed by atoms with van der Waals surface area (Å²) in [6, 6.07) is 7.84. The second kappa shape index (κ2) is 9.84. The molecule has 0 aliphatic carbocycles. The van der Waals surface area contributed by atoms with Gasteiger partial charge in [-0.15, -0.1) is 22.7 Å². The molecule has 33 heavy (non-hydrogen) atoms. The molecule has 0 bridgehead atoms. The molecule has 7 nitrogen and oxygen atoms in total. The zero-order valence-electron chi connectivity index (χ0n) is 19.4. The van der Waals surface area contributed by atoms with Gasteiger partial charge in [0.2, 0.25) is 0 Å². The summed E-state index contributed by atoms with van der Waals surface area (Å²) < 4.78 is 5.87. The number of benzene rings is 1. The maximum atomic E-state index is 13.1. The number of hydrogen-bond donors (Lipinski definition) is 1. The van der Waals surface area contributed by atoms with Gasteiger partial charge >= 0.3 is 0 Å². The Hall–Kier alpha value is -3.04. The number of rotatable bonds is 8. The molecule has 0 aliphatic heterocycles. The van der Waals surface area contributed by atoms with Gasteiger partial charge in [0, 0.05) is 12.4 Å². The van der Waals surface area contributed by atoms with Gasteiger partial charge in [0.15, 0.2) is 0 Å². The second-order valence-corrected chi connectivity index (χ2v) is 10.1. The van der Waals surface area contributed by atoms with Crippen LogP contribution in [0.5, 0.6) is 5.75 Å². The minimum Gasteiger partial charge on any atom is -0.492 e. The Morgan fingerprint density at radius 1 is 1.18 bits per heavy atom. The van der Waals surface area contributed by atoms with Crippen LogP contribution in [0.25, 0.3) is 10.2 Å². The lowest BCUT2D eigenvalue weighted by Crippen LogP contribution is -2.27. The lowest BCUT2D eigenvalue weighted by molar-refractivity contribution is 0.0943. The first-order chi connectivity index (χ1) is 15.8. The quantitative estimate of drug-likeness (QED) is 0.378. The van der Waals surface area contributed by atoms with Gasteiger partial charge in [-0.2, -0.15) is 0 Å². The van der Waals surface area contributed by atoms with Crippen LogP contribution in [-0.4, -0.2) is 41.1 Å². The summed E-state index contributed by atoms with van der Waals surface area (Å²) in [5.41, 5.74) is 2.96. The number of amides is 1. The normalized spacial score (nSPS) is 12.0. The number of fused-ring (bicyclic) bond motifs is 1. The number of thiazole rings is 1. The number of ether oxygens (including phenoxy) is 1. The van der Waals surface area contributed by atoms with Crippen molar-refractivity contribution in [3.63, 3.8) is 0 Å². The standard InChI is InChI=1S/C24H27N5O2S2/c1-14-6-8-18(9-7-14)31-11-10-29(5)22-20-15(2)21(33-24(20)26-13-25-22)23(30)27-16(3)19-12-32-17(4)28-19/h6-9,12-13,16H,10-11H2,1-5H3,(H,27,30). The maximum absolute atomic E-state index is 13.1. The molecule has 0 saturated heterocycles. The van der Waals surface area contributed by atoms with E-state index in [1.54, 1.807) is 17.7 Å². The molecule has 1 N–H and O–H groups in total. The second-order valence-electron chi connectivity index (χ2n) is 8.00. The van der Waals surface area contributed by atoms with Crippen LogP contribution in [0.3, 0.4) is 0 Å². The third-order valence-electron chi connectivity index (χ3n) is 5.42. The number of aryl methyl sites for hydroxylation is 3. The Morgan fingerprint density at radius 2 is 1.94 bits per heavy atom. The van der Waals surface area contributed by atoms with Crippen molar-refractivity contribution in [3.8, 4) is 5.75 Å². The van der Waals surface area contributed by atoms with Gasteiger partial charge < -0.3 is 15.0 Å². The Labute approximate surface area is 201 Å². The summed E-state index contributed by atoms with van der Waals surface area (Å²) in [5.74, 6) is 1.52. The van der Waals surface area contributed by atoms with Crippen LogP contribution < -0.4 is 15.0 Å². The van der Waals surface area contributed by atoms with E-state index < -0.39 is 0 Å². The zero-order chi connectivity index (χ0) is 23.5. The predicted molar refractivity (Wildman–Crippen MR) is 135 cm³/mol. The van der Waals surface area contributed by atoms with Crippen LogP contribution in [0.2, 0.25) is 0 Å². The molecule has 3 aromatic heterocycles. The summed E-state index contributed by atoms with van der Waals surface area (Å²) in [6.45, 7) is 9.08. The lowest BCUT2D eigenvalue weighted by Gasteiger charge is -2.19. The molecule has 0 fully saturated rings. The van der Waals surface area contributed by atoms with Gasteiger partial charge in [-0.05, 0) is 45.4 Å². The summed E-state index contributed by atoms with van der Waals surface area (Å²) >= 11 is 2.97. The first kappa shape index (κ1) is 23.1. The van der Waals surface area contributed by atoms with Crippen LogP contribution in [0.4, 0.5) is 5.82 Å². The number of likely N-dealkylation sites (N-methyl/N-ethyl adjacent to an activating group) is 1. The van der Waals surface area contributed by atoms with Crippen molar-refractivity contribution in [2.45, 2.75) is 33.7 Å². The number of nitrogens with one attached hydrogen (secondary N) is 1. The molecule has 0 aliphatic rings. The summed E-state index contributed by atoms with van der Waals surface area (Å²) in [4.78, 5) is 30.0. The monoisotopic (exact) mass is 481 g/mol. The largest absolute Gasteiger partial charge is 0.492 e. The van der Waals surface area contributed by atoms with E-state index >= 15 is 0 Å². The third-order valence-corrected chi connectivity index (χ3v) is 7.41. The molecule has 0 saturated carbocycles. The highest BCUT2D eigenvalue weighted by atomic mass is 32.1. The van der Waals surface area contributed by atoms with Gasteiger partial charge in [-0.3, -0.25) is 4.79 Å². The highest BCUT2D eigenvalue weighted by Gasteiger charge is 2.22. The van der Waals surface area contributed by atoms with Crippen molar-refractivity contribution >= 4 is 44.6 Å². The van der Waals surface area contributed by atoms with E-state index in [4.69, 9.17) is 4.74 Å². The number of aromatic nitrogens is 3. The molecule has 1 amide bonds. The third kappa shape index (κ3) is 5.15. The molecular weight excluding hydrogens is 454 g/mol. The first-order valence-corrected chi connectivity index (χ1v) is 12.4. The molecule has 1 unspecified atom stereocenters. The van der Waals surface area contributed by atoms with Gasteiger partial charge in [0.25, 0.3) is 5.91 Å². The molecule has 4 rings (SSSR count). The van der Waals surface area contributed by atoms with E-state index in [9.17, 15) is 4.79 Å². The number of hydrogen-bond acceptors (Lipinski definition) is 8. The van der Waals surface area contributed by atoms with Crippen molar-refractivity contribution < 1.29 is 9.53 Å². The smallest absolute Gasteiger partial charge is 0.262 e. The topological polar surface area (TPSA) is 80.2 Å². The molecule has 0 spiro atoms. The molecule has 1 atom stereocenters. The average Bonchev–Trinajstić information content (AvgIpc) is 3.38. The van der Waals surface area contributed by atoms with E-state index in [1.807, 2.05) is 62.4 Å². The van der Waals surface area contributed by atoms with E-state index in [-0.39, 0.29) is 11.9 Å². The van der Waals surface area contributed by atoms with Crippen molar-refractivity contribution in [2.75, 3.05) is 25.1 Å². The number of carbonyl (C=O) groups is 1. The minimum atomic E-state index is -0.167. The SMILES string of the molecule is Cc1ccc(OCCN(C)c2ncnc3sc(C(=O)NC(C)c4csc(C)n4)c(C)c23)cc1. The Kier molecular flexibility index (Phi) is 6.90. The highest BCUT2D eigenvalue weighted by Crippen LogP contribution is 2.34. The van der Waals surface area contributed by atoms with E-state index in [1.165, 1.54) is 16.9 Å². The maximum Gasteiger partial charge on any atom is 0.262 e. The lowest BCUT2D eigenvalue weighted by atomic mass is 10.1. The van der Waals surface area contributed by atoms with Gasteiger partial charge in [0.05, 0.1) is 33.6 Å². The Balaban J connectivity index is 1.49. The van der Waals surface area contributed by atoms with Gasteiger partial charge in [-0.25, -0.2) is 15.0 Å². The summed E-state index contributed by atoms with van der Waals surface area (Å²) in [6.07, 6.45) is 1.55.